The van der Waals surface area contributed by atoms with Crippen LogP contribution in [0.1, 0.15) is 26.0 Å². The fourth-order valence-corrected chi connectivity index (χ4v) is 2.52. The highest BCUT2D eigenvalue weighted by Crippen LogP contribution is 2.30. The van der Waals surface area contributed by atoms with Gasteiger partial charge >= 0.3 is 5.69 Å². The zero-order valence-corrected chi connectivity index (χ0v) is 14.0. The summed E-state index contributed by atoms with van der Waals surface area (Å²) in [5, 5.41) is 14.3. The van der Waals surface area contributed by atoms with Gasteiger partial charge in [0.1, 0.15) is 5.69 Å². The molecule has 1 N–H and O–H groups in total. The number of hydrogen-bond donors (Lipinski definition) is 1. The maximum absolute atomic E-state index is 11.3. The van der Waals surface area contributed by atoms with Crippen molar-refractivity contribution >= 4 is 29.2 Å². The van der Waals surface area contributed by atoms with Gasteiger partial charge in [0.2, 0.25) is 11.8 Å². The molecule has 0 aromatic carbocycles. The first-order valence-corrected chi connectivity index (χ1v) is 8.30. The Bertz CT molecular complexity index is 498. The molecule has 1 aromatic heterocycles. The Balaban J connectivity index is 3.20. The van der Waals surface area contributed by atoms with E-state index in [4.69, 9.17) is 0 Å². The Morgan fingerprint density at radius 3 is 2.67 bits per heavy atom. The molecule has 0 spiro atoms. The number of nitrogens with one attached hydrogen (secondary N) is 1. The second-order valence-corrected chi connectivity index (χ2v) is 5.82. The number of aryl methyl sites for hydroxylation is 1. The Labute approximate surface area is 129 Å². The molecule has 0 fully saturated rings. The van der Waals surface area contributed by atoms with Crippen molar-refractivity contribution in [3.05, 3.63) is 15.8 Å². The second-order valence-electron chi connectivity index (χ2n) is 4.83. The van der Waals surface area contributed by atoms with Gasteiger partial charge in [0.15, 0.2) is 0 Å². The Hall–Kier alpha value is -1.57. The molecule has 118 valence electrons. The fraction of sp³-hybridized carbons (Fsp3) is 0.692. The SMILES string of the molecule is CCNc1nc(C)c([N+](=O)[O-])c(N(C)C(C)CCSC)n1. The lowest BCUT2D eigenvalue weighted by Crippen LogP contribution is -2.31. The van der Waals surface area contributed by atoms with Gasteiger partial charge in [0, 0.05) is 19.6 Å². The zero-order chi connectivity index (χ0) is 16.0. The number of nitrogens with zero attached hydrogens (tertiary/aromatic N) is 4. The normalized spacial score (nSPS) is 12.0. The molecule has 7 nitrogen and oxygen atoms in total. The third-order valence-electron chi connectivity index (χ3n) is 3.29. The van der Waals surface area contributed by atoms with Crippen LogP contribution >= 0.6 is 11.8 Å². The van der Waals surface area contributed by atoms with E-state index in [-0.39, 0.29) is 11.7 Å². The van der Waals surface area contributed by atoms with Gasteiger partial charge in [-0.2, -0.15) is 16.7 Å². The van der Waals surface area contributed by atoms with E-state index < -0.39 is 4.92 Å². The van der Waals surface area contributed by atoms with Crippen molar-refractivity contribution in [2.24, 2.45) is 0 Å². The topological polar surface area (TPSA) is 84.2 Å². The molecular weight excluding hydrogens is 290 g/mol. The van der Waals surface area contributed by atoms with Crippen LogP contribution in [0.4, 0.5) is 17.5 Å². The largest absolute Gasteiger partial charge is 0.354 e. The first kappa shape index (κ1) is 17.5. The first-order valence-electron chi connectivity index (χ1n) is 6.91. The summed E-state index contributed by atoms with van der Waals surface area (Å²) in [5.41, 5.74) is 0.361. The number of rotatable bonds is 8. The van der Waals surface area contributed by atoms with E-state index >= 15 is 0 Å². The van der Waals surface area contributed by atoms with E-state index in [9.17, 15) is 10.1 Å². The molecule has 21 heavy (non-hydrogen) atoms. The lowest BCUT2D eigenvalue weighted by molar-refractivity contribution is -0.385. The zero-order valence-electron chi connectivity index (χ0n) is 13.2. The summed E-state index contributed by atoms with van der Waals surface area (Å²) in [5.74, 6) is 1.81. The van der Waals surface area contributed by atoms with Crippen LogP contribution < -0.4 is 10.2 Å². The minimum Gasteiger partial charge on any atom is -0.354 e. The summed E-state index contributed by atoms with van der Waals surface area (Å²) in [6.07, 6.45) is 2.99. The quantitative estimate of drug-likeness (QED) is 0.583. The molecule has 1 heterocycles. The molecule has 0 aliphatic rings. The van der Waals surface area contributed by atoms with Gasteiger partial charge in [-0.3, -0.25) is 10.1 Å². The van der Waals surface area contributed by atoms with Crippen molar-refractivity contribution in [1.29, 1.82) is 0 Å². The van der Waals surface area contributed by atoms with Gasteiger partial charge in [-0.1, -0.05) is 0 Å². The molecule has 1 rings (SSSR count). The molecule has 0 saturated carbocycles. The molecule has 0 bridgehead atoms. The summed E-state index contributed by atoms with van der Waals surface area (Å²) in [6, 6.07) is 0.167. The minimum absolute atomic E-state index is 0.0184. The van der Waals surface area contributed by atoms with Crippen molar-refractivity contribution in [2.75, 3.05) is 35.8 Å². The number of nitro groups is 1. The second kappa shape index (κ2) is 8.02. The van der Waals surface area contributed by atoms with E-state index in [1.165, 1.54) is 0 Å². The molecular formula is C13H23N5O2S. The number of hydrogen-bond acceptors (Lipinski definition) is 7. The summed E-state index contributed by atoms with van der Waals surface area (Å²) in [6.45, 7) is 6.29. The van der Waals surface area contributed by atoms with Crippen LogP contribution in [0.15, 0.2) is 0 Å². The number of aromatic nitrogens is 2. The van der Waals surface area contributed by atoms with Crippen LogP contribution in [-0.4, -0.2) is 46.5 Å². The highest BCUT2D eigenvalue weighted by molar-refractivity contribution is 7.98. The lowest BCUT2D eigenvalue weighted by atomic mass is 10.2. The van der Waals surface area contributed by atoms with E-state index in [1.807, 2.05) is 32.1 Å². The van der Waals surface area contributed by atoms with Crippen LogP contribution in [0, 0.1) is 17.0 Å². The van der Waals surface area contributed by atoms with E-state index in [2.05, 4.69) is 15.3 Å². The average Bonchev–Trinajstić information content (AvgIpc) is 2.43. The van der Waals surface area contributed by atoms with Crippen molar-refractivity contribution < 1.29 is 4.92 Å². The standard InChI is InChI=1S/C13H23N5O2S/c1-6-14-13-15-10(3)11(18(19)20)12(16-13)17(4)9(2)7-8-21-5/h9H,6-8H2,1-5H3,(H,14,15,16). The fourth-order valence-electron chi connectivity index (χ4n) is 1.94. The van der Waals surface area contributed by atoms with Gasteiger partial charge in [-0.05, 0) is 39.2 Å². The van der Waals surface area contributed by atoms with E-state index in [0.29, 0.717) is 24.0 Å². The number of anilines is 2. The molecule has 1 atom stereocenters. The van der Waals surface area contributed by atoms with E-state index in [0.717, 1.165) is 12.2 Å². The summed E-state index contributed by atoms with van der Waals surface area (Å²) in [4.78, 5) is 21.3. The van der Waals surface area contributed by atoms with Crippen molar-refractivity contribution in [3.8, 4) is 0 Å². The van der Waals surface area contributed by atoms with Crippen molar-refractivity contribution in [2.45, 2.75) is 33.2 Å². The van der Waals surface area contributed by atoms with Gasteiger partial charge < -0.3 is 10.2 Å². The molecule has 8 heteroatoms. The van der Waals surface area contributed by atoms with Crippen LogP contribution in [0.25, 0.3) is 0 Å². The molecule has 0 amide bonds. The molecule has 0 aliphatic carbocycles. The Morgan fingerprint density at radius 1 is 1.48 bits per heavy atom. The van der Waals surface area contributed by atoms with Crippen LogP contribution in [-0.2, 0) is 0 Å². The smallest absolute Gasteiger partial charge is 0.332 e. The molecule has 0 radical (unpaired) electrons. The molecule has 0 saturated heterocycles. The van der Waals surface area contributed by atoms with Crippen molar-refractivity contribution in [1.82, 2.24) is 9.97 Å². The predicted molar refractivity (Wildman–Crippen MR) is 88.5 cm³/mol. The summed E-state index contributed by atoms with van der Waals surface area (Å²) < 4.78 is 0. The van der Waals surface area contributed by atoms with Gasteiger partial charge in [-0.15, -0.1) is 0 Å². The molecule has 1 unspecified atom stereocenters. The molecule has 0 aliphatic heterocycles. The van der Waals surface area contributed by atoms with Crippen LogP contribution in [0.3, 0.4) is 0 Å². The Kier molecular flexibility index (Phi) is 6.67. The predicted octanol–water partition coefficient (Wildman–Crippen LogP) is 2.70. The Morgan fingerprint density at radius 2 is 2.14 bits per heavy atom. The van der Waals surface area contributed by atoms with Gasteiger partial charge in [-0.25, -0.2) is 4.98 Å². The third-order valence-corrected chi connectivity index (χ3v) is 3.94. The average molecular weight is 313 g/mol. The molecule has 1 aromatic rings. The maximum atomic E-state index is 11.3. The minimum atomic E-state index is -0.405. The maximum Gasteiger partial charge on any atom is 0.332 e. The van der Waals surface area contributed by atoms with E-state index in [1.54, 1.807) is 18.7 Å². The summed E-state index contributed by atoms with van der Waals surface area (Å²) in [7, 11) is 1.84. The van der Waals surface area contributed by atoms with Gasteiger partial charge in [0.25, 0.3) is 0 Å². The highest BCUT2D eigenvalue weighted by atomic mass is 32.2. The first-order chi connectivity index (χ1) is 9.92. The number of thioether (sulfide) groups is 1. The van der Waals surface area contributed by atoms with Crippen LogP contribution in [0.5, 0.6) is 0 Å². The highest BCUT2D eigenvalue weighted by Gasteiger charge is 2.26. The monoisotopic (exact) mass is 313 g/mol. The van der Waals surface area contributed by atoms with Crippen LogP contribution in [0.2, 0.25) is 0 Å². The lowest BCUT2D eigenvalue weighted by Gasteiger charge is -2.26. The third kappa shape index (κ3) is 4.45. The summed E-state index contributed by atoms with van der Waals surface area (Å²) >= 11 is 1.76. The van der Waals surface area contributed by atoms with Crippen molar-refractivity contribution in [3.63, 3.8) is 0 Å². The van der Waals surface area contributed by atoms with Gasteiger partial charge in [0.05, 0.1) is 4.92 Å².